The van der Waals surface area contributed by atoms with Crippen molar-refractivity contribution in [1.29, 1.82) is 0 Å². The van der Waals surface area contributed by atoms with Crippen molar-refractivity contribution >= 4 is 21.8 Å². The Kier molecular flexibility index (Phi) is 3.52. The lowest BCUT2D eigenvalue weighted by molar-refractivity contribution is -0.119. The Hall–Kier alpha value is -0.900. The van der Waals surface area contributed by atoms with Gasteiger partial charge in [-0.3, -0.25) is 4.79 Å². The molecule has 0 spiro atoms. The molecule has 1 saturated heterocycles. The van der Waals surface area contributed by atoms with Crippen LogP contribution in [-0.4, -0.2) is 11.4 Å². The minimum Gasteiger partial charge on any atom is -0.350 e. The average molecular weight is 300 g/mol. The summed E-state index contributed by atoms with van der Waals surface area (Å²) in [6.07, 6.45) is 3.11. The number of carbonyl (C=O) groups is 1. The van der Waals surface area contributed by atoms with Crippen molar-refractivity contribution in [3.8, 4) is 0 Å². The standard InChI is InChI=1S/C13H15BrFNO/c1-2-13(6-5-12(17)16-13)8-9-3-4-11(15)10(14)7-9/h3-4,7H,2,5-6,8H2,1H3,(H,16,17). The summed E-state index contributed by atoms with van der Waals surface area (Å²) in [6.45, 7) is 2.07. The summed E-state index contributed by atoms with van der Waals surface area (Å²) in [7, 11) is 0. The molecule has 1 unspecified atom stereocenters. The van der Waals surface area contributed by atoms with Crippen LogP contribution in [0.15, 0.2) is 22.7 Å². The van der Waals surface area contributed by atoms with Gasteiger partial charge in [-0.25, -0.2) is 4.39 Å². The summed E-state index contributed by atoms with van der Waals surface area (Å²) in [5.41, 5.74) is 0.899. The summed E-state index contributed by atoms with van der Waals surface area (Å²) in [5.74, 6) is -0.136. The zero-order chi connectivity index (χ0) is 12.5. The fourth-order valence-electron chi connectivity index (χ4n) is 2.34. The summed E-state index contributed by atoms with van der Waals surface area (Å²) < 4.78 is 13.6. The number of halogens is 2. The molecule has 92 valence electrons. The summed E-state index contributed by atoms with van der Waals surface area (Å²) in [5, 5.41) is 3.05. The Morgan fingerprint density at radius 1 is 1.53 bits per heavy atom. The van der Waals surface area contributed by atoms with Crippen LogP contribution in [0.1, 0.15) is 31.7 Å². The smallest absolute Gasteiger partial charge is 0.220 e. The maximum atomic E-state index is 13.1. The Bertz CT molecular complexity index is 449. The molecule has 1 N–H and O–H groups in total. The lowest BCUT2D eigenvalue weighted by Gasteiger charge is -2.28. The normalized spacial score (nSPS) is 23.8. The molecule has 2 rings (SSSR count). The van der Waals surface area contributed by atoms with Crippen LogP contribution < -0.4 is 5.32 Å². The van der Waals surface area contributed by atoms with Gasteiger partial charge >= 0.3 is 0 Å². The van der Waals surface area contributed by atoms with Gasteiger partial charge in [0.05, 0.1) is 4.47 Å². The molecule has 1 aliphatic heterocycles. The van der Waals surface area contributed by atoms with Crippen molar-refractivity contribution in [3.05, 3.63) is 34.1 Å². The number of hydrogen-bond acceptors (Lipinski definition) is 1. The Balaban J connectivity index is 2.18. The van der Waals surface area contributed by atoms with Crippen LogP contribution in [0.2, 0.25) is 0 Å². The van der Waals surface area contributed by atoms with Crippen LogP contribution in [0.25, 0.3) is 0 Å². The van der Waals surface area contributed by atoms with Crippen molar-refractivity contribution in [3.63, 3.8) is 0 Å². The van der Waals surface area contributed by atoms with Crippen LogP contribution in [0, 0.1) is 5.82 Å². The highest BCUT2D eigenvalue weighted by molar-refractivity contribution is 9.10. The number of hydrogen-bond donors (Lipinski definition) is 1. The molecule has 1 fully saturated rings. The molecule has 0 saturated carbocycles. The van der Waals surface area contributed by atoms with E-state index in [2.05, 4.69) is 28.2 Å². The first-order chi connectivity index (χ1) is 8.04. The van der Waals surface area contributed by atoms with Crippen LogP contribution in [0.5, 0.6) is 0 Å². The van der Waals surface area contributed by atoms with Gasteiger partial charge in [-0.05, 0) is 52.9 Å². The molecule has 1 aromatic carbocycles. The van der Waals surface area contributed by atoms with Crippen LogP contribution in [0.4, 0.5) is 4.39 Å². The van der Waals surface area contributed by atoms with Gasteiger partial charge in [-0.1, -0.05) is 13.0 Å². The van der Waals surface area contributed by atoms with Crippen molar-refractivity contribution < 1.29 is 9.18 Å². The van der Waals surface area contributed by atoms with Gasteiger partial charge in [0.25, 0.3) is 0 Å². The van der Waals surface area contributed by atoms with E-state index in [1.165, 1.54) is 6.07 Å². The van der Waals surface area contributed by atoms with E-state index in [1.807, 2.05) is 0 Å². The molecule has 0 radical (unpaired) electrons. The van der Waals surface area contributed by atoms with Crippen LogP contribution in [-0.2, 0) is 11.2 Å². The molecular weight excluding hydrogens is 285 g/mol. The summed E-state index contributed by atoms with van der Waals surface area (Å²) >= 11 is 3.18. The molecule has 1 heterocycles. The maximum absolute atomic E-state index is 13.1. The molecule has 1 amide bonds. The first kappa shape index (κ1) is 12.6. The second-order valence-electron chi connectivity index (χ2n) is 4.61. The second kappa shape index (κ2) is 4.77. The van der Waals surface area contributed by atoms with E-state index >= 15 is 0 Å². The average Bonchev–Trinajstić information content (AvgIpc) is 2.66. The maximum Gasteiger partial charge on any atom is 0.220 e. The Morgan fingerprint density at radius 2 is 2.29 bits per heavy atom. The zero-order valence-electron chi connectivity index (χ0n) is 9.72. The van der Waals surface area contributed by atoms with Crippen molar-refractivity contribution in [2.45, 2.75) is 38.1 Å². The highest BCUT2D eigenvalue weighted by atomic mass is 79.9. The van der Waals surface area contributed by atoms with E-state index in [0.29, 0.717) is 10.9 Å². The third-order valence-electron chi connectivity index (χ3n) is 3.44. The lowest BCUT2D eigenvalue weighted by Crippen LogP contribution is -2.42. The molecule has 4 heteroatoms. The third-order valence-corrected chi connectivity index (χ3v) is 4.05. The molecule has 1 aliphatic rings. The van der Waals surface area contributed by atoms with Crippen molar-refractivity contribution in [2.75, 3.05) is 0 Å². The predicted molar refractivity (Wildman–Crippen MR) is 68.2 cm³/mol. The van der Waals surface area contributed by atoms with E-state index < -0.39 is 0 Å². The highest BCUT2D eigenvalue weighted by Crippen LogP contribution is 2.29. The fourth-order valence-corrected chi connectivity index (χ4v) is 2.76. The molecule has 17 heavy (non-hydrogen) atoms. The number of carbonyl (C=O) groups excluding carboxylic acids is 1. The van der Waals surface area contributed by atoms with Gasteiger partial charge in [-0.15, -0.1) is 0 Å². The molecule has 0 aromatic heterocycles. The van der Waals surface area contributed by atoms with Crippen molar-refractivity contribution in [1.82, 2.24) is 5.32 Å². The minimum atomic E-state index is -0.255. The highest BCUT2D eigenvalue weighted by Gasteiger charge is 2.35. The lowest BCUT2D eigenvalue weighted by atomic mass is 9.87. The van der Waals surface area contributed by atoms with Crippen LogP contribution >= 0.6 is 15.9 Å². The zero-order valence-corrected chi connectivity index (χ0v) is 11.3. The molecular formula is C13H15BrFNO. The van der Waals surface area contributed by atoms with Crippen molar-refractivity contribution in [2.24, 2.45) is 0 Å². The quantitative estimate of drug-likeness (QED) is 0.912. The number of amides is 1. The second-order valence-corrected chi connectivity index (χ2v) is 5.46. The van der Waals surface area contributed by atoms with E-state index in [-0.39, 0.29) is 17.3 Å². The SMILES string of the molecule is CCC1(Cc2ccc(F)c(Br)c2)CCC(=O)N1. The van der Waals surface area contributed by atoms with Gasteiger partial charge in [0, 0.05) is 12.0 Å². The predicted octanol–water partition coefficient (Wildman–Crippen LogP) is 3.19. The van der Waals surface area contributed by atoms with E-state index in [9.17, 15) is 9.18 Å². The largest absolute Gasteiger partial charge is 0.350 e. The monoisotopic (exact) mass is 299 g/mol. The van der Waals surface area contributed by atoms with Gasteiger partial charge < -0.3 is 5.32 Å². The molecule has 2 nitrogen and oxygen atoms in total. The van der Waals surface area contributed by atoms with Gasteiger partial charge in [0.2, 0.25) is 5.91 Å². The third kappa shape index (κ3) is 2.68. The van der Waals surface area contributed by atoms with E-state index in [4.69, 9.17) is 0 Å². The summed E-state index contributed by atoms with van der Waals surface area (Å²) in [6, 6.07) is 5.03. The first-order valence-electron chi connectivity index (χ1n) is 5.79. The fraction of sp³-hybridized carbons (Fsp3) is 0.462. The molecule has 0 bridgehead atoms. The molecule has 0 aliphatic carbocycles. The summed E-state index contributed by atoms with van der Waals surface area (Å²) in [4.78, 5) is 11.3. The Labute approximate surface area is 109 Å². The van der Waals surface area contributed by atoms with E-state index in [1.54, 1.807) is 12.1 Å². The van der Waals surface area contributed by atoms with Crippen LogP contribution in [0.3, 0.4) is 0 Å². The number of benzene rings is 1. The Morgan fingerprint density at radius 3 is 2.82 bits per heavy atom. The first-order valence-corrected chi connectivity index (χ1v) is 6.59. The van der Waals surface area contributed by atoms with Gasteiger partial charge in [0.1, 0.15) is 5.82 Å². The number of nitrogens with one attached hydrogen (secondary N) is 1. The van der Waals surface area contributed by atoms with E-state index in [0.717, 1.165) is 24.8 Å². The minimum absolute atomic E-state index is 0.119. The topological polar surface area (TPSA) is 29.1 Å². The molecule has 1 aromatic rings. The number of rotatable bonds is 3. The molecule has 1 atom stereocenters. The van der Waals surface area contributed by atoms with Gasteiger partial charge in [-0.2, -0.15) is 0 Å². The van der Waals surface area contributed by atoms with Gasteiger partial charge in [0.15, 0.2) is 0 Å².